The largest absolute Gasteiger partial charge is 0.481 e. The highest BCUT2D eigenvalue weighted by atomic mass is 32.2. The Bertz CT molecular complexity index is 474. The van der Waals surface area contributed by atoms with Gasteiger partial charge in [0.05, 0.1) is 24.5 Å². The van der Waals surface area contributed by atoms with Crippen LogP contribution in [-0.4, -0.2) is 45.9 Å². The molecule has 1 aromatic rings. The lowest BCUT2D eigenvalue weighted by Gasteiger charge is -2.44. The summed E-state index contributed by atoms with van der Waals surface area (Å²) in [6.45, 7) is 0.731. The summed E-state index contributed by atoms with van der Waals surface area (Å²) in [5, 5.41) is 10.7. The number of hydrogen-bond acceptors (Lipinski definition) is 6. The van der Waals surface area contributed by atoms with Crippen LogP contribution in [0, 0.1) is 5.92 Å². The number of aliphatic hydroxyl groups is 1. The van der Waals surface area contributed by atoms with Crippen LogP contribution >= 0.6 is 11.8 Å². The average Bonchev–Trinajstić information content (AvgIpc) is 2.55. The fraction of sp³-hybridized carbons (Fsp3) is 0.733. The van der Waals surface area contributed by atoms with Gasteiger partial charge in [-0.25, -0.2) is 9.97 Å². The van der Waals surface area contributed by atoms with Gasteiger partial charge in [-0.05, 0) is 43.1 Å². The van der Waals surface area contributed by atoms with E-state index in [4.69, 9.17) is 9.47 Å². The van der Waals surface area contributed by atoms with Gasteiger partial charge in [0.2, 0.25) is 5.88 Å². The SMILES string of the molecule is COc1cc(C(O)C2CCOC3(CCSCC3)C2)ncn1. The van der Waals surface area contributed by atoms with E-state index < -0.39 is 6.10 Å². The van der Waals surface area contributed by atoms with Crippen molar-refractivity contribution >= 4 is 11.8 Å². The summed E-state index contributed by atoms with van der Waals surface area (Å²) in [6.07, 6.45) is 4.85. The van der Waals surface area contributed by atoms with E-state index in [0.717, 1.165) is 43.8 Å². The minimum Gasteiger partial charge on any atom is -0.481 e. The second-order valence-electron chi connectivity index (χ2n) is 5.83. The number of aromatic nitrogens is 2. The Kier molecular flexibility index (Phi) is 4.66. The van der Waals surface area contributed by atoms with Gasteiger partial charge >= 0.3 is 0 Å². The van der Waals surface area contributed by atoms with Gasteiger partial charge in [-0.3, -0.25) is 0 Å². The van der Waals surface area contributed by atoms with E-state index in [9.17, 15) is 5.11 Å². The monoisotopic (exact) mass is 310 g/mol. The summed E-state index contributed by atoms with van der Waals surface area (Å²) in [5.41, 5.74) is 0.626. The Balaban J connectivity index is 1.72. The van der Waals surface area contributed by atoms with Crippen molar-refractivity contribution in [3.63, 3.8) is 0 Å². The number of hydrogen-bond donors (Lipinski definition) is 1. The lowest BCUT2D eigenvalue weighted by Crippen LogP contribution is -2.44. The molecular weight excluding hydrogens is 288 g/mol. The average molecular weight is 310 g/mol. The van der Waals surface area contributed by atoms with Crippen molar-refractivity contribution < 1.29 is 14.6 Å². The molecule has 6 heteroatoms. The highest BCUT2D eigenvalue weighted by molar-refractivity contribution is 7.99. The molecule has 3 heterocycles. The normalized spacial score (nSPS) is 26.5. The fourth-order valence-corrected chi connectivity index (χ4v) is 4.53. The van der Waals surface area contributed by atoms with Crippen LogP contribution in [0.5, 0.6) is 5.88 Å². The van der Waals surface area contributed by atoms with Crippen LogP contribution < -0.4 is 4.74 Å². The standard InChI is InChI=1S/C15H22N2O3S/c1-19-13-8-12(16-10-17-13)14(18)11-2-5-20-15(9-11)3-6-21-7-4-15/h8,10-11,14,18H,2-7,9H2,1H3. The predicted octanol–water partition coefficient (Wildman–Crippen LogP) is 2.21. The Morgan fingerprint density at radius 2 is 2.24 bits per heavy atom. The summed E-state index contributed by atoms with van der Waals surface area (Å²) in [7, 11) is 1.57. The maximum atomic E-state index is 10.7. The first-order valence-electron chi connectivity index (χ1n) is 7.48. The Morgan fingerprint density at radius 3 is 3.00 bits per heavy atom. The van der Waals surface area contributed by atoms with Crippen LogP contribution in [0.25, 0.3) is 0 Å². The summed E-state index contributed by atoms with van der Waals surface area (Å²) < 4.78 is 11.2. The first-order valence-corrected chi connectivity index (χ1v) is 8.64. The van der Waals surface area contributed by atoms with E-state index in [1.165, 1.54) is 6.33 Å². The van der Waals surface area contributed by atoms with E-state index in [-0.39, 0.29) is 11.5 Å². The summed E-state index contributed by atoms with van der Waals surface area (Å²) >= 11 is 1.99. The molecule has 1 aromatic heterocycles. The quantitative estimate of drug-likeness (QED) is 0.923. The summed E-state index contributed by atoms with van der Waals surface area (Å²) in [5.74, 6) is 3.00. The molecule has 5 nitrogen and oxygen atoms in total. The van der Waals surface area contributed by atoms with Crippen LogP contribution in [0.15, 0.2) is 12.4 Å². The Hall–Kier alpha value is -0.850. The van der Waals surface area contributed by atoms with Gasteiger partial charge in [-0.2, -0.15) is 11.8 Å². The molecule has 0 aromatic carbocycles. The van der Waals surface area contributed by atoms with Crippen LogP contribution in [-0.2, 0) is 4.74 Å². The Morgan fingerprint density at radius 1 is 1.43 bits per heavy atom. The lowest BCUT2D eigenvalue weighted by molar-refractivity contribution is -0.121. The van der Waals surface area contributed by atoms with Crippen LogP contribution in [0.1, 0.15) is 37.5 Å². The van der Waals surface area contributed by atoms with Gasteiger partial charge in [-0.1, -0.05) is 0 Å². The van der Waals surface area contributed by atoms with E-state index >= 15 is 0 Å². The first-order chi connectivity index (χ1) is 10.2. The van der Waals surface area contributed by atoms with Crippen molar-refractivity contribution in [3.8, 4) is 5.88 Å². The molecule has 0 radical (unpaired) electrons. The number of aliphatic hydroxyl groups excluding tert-OH is 1. The summed E-state index contributed by atoms with van der Waals surface area (Å²) in [4.78, 5) is 8.21. The molecule has 2 fully saturated rings. The second kappa shape index (κ2) is 6.50. The van der Waals surface area contributed by atoms with E-state index in [0.29, 0.717) is 11.6 Å². The van der Waals surface area contributed by atoms with Crippen molar-refractivity contribution in [2.75, 3.05) is 25.2 Å². The highest BCUT2D eigenvalue weighted by Crippen LogP contribution is 2.43. The topological polar surface area (TPSA) is 64.5 Å². The summed E-state index contributed by atoms with van der Waals surface area (Å²) in [6, 6.07) is 1.73. The second-order valence-corrected chi connectivity index (χ2v) is 7.05. The maximum absolute atomic E-state index is 10.7. The minimum atomic E-state index is -0.572. The van der Waals surface area contributed by atoms with E-state index in [1.807, 2.05) is 11.8 Å². The number of nitrogens with zero attached hydrogens (tertiary/aromatic N) is 2. The van der Waals surface area contributed by atoms with Gasteiger partial charge in [-0.15, -0.1) is 0 Å². The molecule has 21 heavy (non-hydrogen) atoms. The Labute approximate surface area is 129 Å². The zero-order chi connectivity index (χ0) is 14.7. The van der Waals surface area contributed by atoms with Gasteiger partial charge in [0, 0.05) is 12.7 Å². The lowest BCUT2D eigenvalue weighted by atomic mass is 9.79. The number of ether oxygens (including phenoxy) is 2. The van der Waals surface area contributed by atoms with Gasteiger partial charge < -0.3 is 14.6 Å². The molecule has 2 atom stereocenters. The third kappa shape index (κ3) is 3.33. The molecule has 2 aliphatic heterocycles. The maximum Gasteiger partial charge on any atom is 0.216 e. The molecular formula is C15H22N2O3S. The zero-order valence-electron chi connectivity index (χ0n) is 12.3. The van der Waals surface area contributed by atoms with E-state index in [1.54, 1.807) is 13.2 Å². The molecule has 0 aliphatic carbocycles. The van der Waals surface area contributed by atoms with Crippen molar-refractivity contribution in [1.82, 2.24) is 9.97 Å². The fourth-order valence-electron chi connectivity index (χ4n) is 3.30. The number of thioether (sulfide) groups is 1. The van der Waals surface area contributed by atoms with E-state index in [2.05, 4.69) is 9.97 Å². The molecule has 2 saturated heterocycles. The zero-order valence-corrected chi connectivity index (χ0v) is 13.1. The molecule has 0 bridgehead atoms. The molecule has 1 N–H and O–H groups in total. The molecule has 2 unspecified atom stereocenters. The smallest absolute Gasteiger partial charge is 0.216 e. The van der Waals surface area contributed by atoms with Crippen LogP contribution in [0.4, 0.5) is 0 Å². The first kappa shape index (κ1) is 15.1. The third-order valence-corrected chi connectivity index (χ3v) is 5.54. The van der Waals surface area contributed by atoms with Crippen molar-refractivity contribution in [2.45, 2.75) is 37.4 Å². The highest BCUT2D eigenvalue weighted by Gasteiger charge is 2.41. The van der Waals surface area contributed by atoms with Crippen LogP contribution in [0.2, 0.25) is 0 Å². The third-order valence-electron chi connectivity index (χ3n) is 4.56. The molecule has 0 amide bonds. The molecule has 3 rings (SSSR count). The van der Waals surface area contributed by atoms with Gasteiger partial charge in [0.15, 0.2) is 0 Å². The number of rotatable bonds is 3. The molecule has 2 aliphatic rings. The molecule has 0 saturated carbocycles. The van der Waals surface area contributed by atoms with Crippen molar-refractivity contribution in [3.05, 3.63) is 18.1 Å². The van der Waals surface area contributed by atoms with Crippen molar-refractivity contribution in [2.24, 2.45) is 5.92 Å². The van der Waals surface area contributed by atoms with Crippen LogP contribution in [0.3, 0.4) is 0 Å². The van der Waals surface area contributed by atoms with Gasteiger partial charge in [0.1, 0.15) is 6.33 Å². The number of methoxy groups -OCH3 is 1. The van der Waals surface area contributed by atoms with Gasteiger partial charge in [0.25, 0.3) is 0 Å². The minimum absolute atomic E-state index is 0.0216. The molecule has 116 valence electrons. The molecule has 1 spiro atoms. The predicted molar refractivity (Wildman–Crippen MR) is 81.5 cm³/mol. The van der Waals surface area contributed by atoms with Crippen molar-refractivity contribution in [1.29, 1.82) is 0 Å².